The SMILES string of the molecule is CC=C(C)c1c(C)ccc(C)c1CC(C)C. The Labute approximate surface area is 100 Å². The molecule has 1 rings (SSSR count). The van der Waals surface area contributed by atoms with Crippen molar-refractivity contribution in [3.8, 4) is 0 Å². The van der Waals surface area contributed by atoms with Crippen LogP contribution in [0.3, 0.4) is 0 Å². The van der Waals surface area contributed by atoms with Crippen molar-refractivity contribution in [2.75, 3.05) is 0 Å². The van der Waals surface area contributed by atoms with Crippen molar-refractivity contribution in [1.82, 2.24) is 0 Å². The molecule has 0 heterocycles. The molecular weight excluding hydrogens is 192 g/mol. The van der Waals surface area contributed by atoms with Gasteiger partial charge in [-0.2, -0.15) is 0 Å². The molecule has 0 saturated heterocycles. The minimum atomic E-state index is 0.712. The zero-order valence-corrected chi connectivity index (χ0v) is 11.5. The zero-order valence-electron chi connectivity index (χ0n) is 11.5. The first-order valence-corrected chi connectivity index (χ1v) is 6.19. The van der Waals surface area contributed by atoms with Crippen molar-refractivity contribution in [2.24, 2.45) is 5.92 Å². The van der Waals surface area contributed by atoms with E-state index in [1.807, 2.05) is 0 Å². The summed E-state index contributed by atoms with van der Waals surface area (Å²) in [6.45, 7) is 13.4. The van der Waals surface area contributed by atoms with E-state index in [-0.39, 0.29) is 0 Å². The van der Waals surface area contributed by atoms with Crippen LogP contribution in [0.4, 0.5) is 0 Å². The molecule has 0 atom stereocenters. The lowest BCUT2D eigenvalue weighted by Crippen LogP contribution is -2.03. The standard InChI is InChI=1S/C16H24/c1-7-12(4)16-14(6)9-8-13(5)15(16)10-11(2)3/h7-9,11H,10H2,1-6H3. The highest BCUT2D eigenvalue weighted by atomic mass is 14.2. The van der Waals surface area contributed by atoms with Crippen molar-refractivity contribution in [2.45, 2.75) is 48.0 Å². The first-order chi connectivity index (χ1) is 7.47. The third-order valence-corrected chi connectivity index (χ3v) is 3.20. The van der Waals surface area contributed by atoms with Crippen molar-refractivity contribution in [3.63, 3.8) is 0 Å². The fourth-order valence-electron chi connectivity index (χ4n) is 2.23. The Kier molecular flexibility index (Phi) is 4.35. The summed E-state index contributed by atoms with van der Waals surface area (Å²) in [5, 5.41) is 0. The summed E-state index contributed by atoms with van der Waals surface area (Å²) >= 11 is 0. The maximum Gasteiger partial charge on any atom is -0.0166 e. The second kappa shape index (κ2) is 5.34. The summed E-state index contributed by atoms with van der Waals surface area (Å²) in [4.78, 5) is 0. The Hall–Kier alpha value is -1.04. The van der Waals surface area contributed by atoms with Gasteiger partial charge in [0.25, 0.3) is 0 Å². The molecule has 0 saturated carbocycles. The molecule has 0 aromatic heterocycles. The summed E-state index contributed by atoms with van der Waals surface area (Å²) < 4.78 is 0. The van der Waals surface area contributed by atoms with Gasteiger partial charge in [0.05, 0.1) is 0 Å². The van der Waals surface area contributed by atoms with E-state index in [9.17, 15) is 0 Å². The van der Waals surface area contributed by atoms with Gasteiger partial charge in [0.1, 0.15) is 0 Å². The molecule has 0 N–H and O–H groups in total. The van der Waals surface area contributed by atoms with Gasteiger partial charge in [-0.05, 0) is 67.9 Å². The molecule has 0 fully saturated rings. The van der Waals surface area contributed by atoms with Crippen molar-refractivity contribution in [3.05, 3.63) is 40.5 Å². The number of hydrogen-bond donors (Lipinski definition) is 0. The summed E-state index contributed by atoms with van der Waals surface area (Å²) in [6.07, 6.45) is 3.39. The molecule has 0 heteroatoms. The van der Waals surface area contributed by atoms with E-state index in [0.717, 1.165) is 0 Å². The van der Waals surface area contributed by atoms with Crippen LogP contribution in [0.5, 0.6) is 0 Å². The Balaban J connectivity index is 3.37. The Morgan fingerprint density at radius 3 is 2.25 bits per heavy atom. The van der Waals surface area contributed by atoms with Crippen LogP contribution < -0.4 is 0 Å². The van der Waals surface area contributed by atoms with Gasteiger partial charge in [-0.25, -0.2) is 0 Å². The van der Waals surface area contributed by atoms with Gasteiger partial charge >= 0.3 is 0 Å². The third-order valence-electron chi connectivity index (χ3n) is 3.20. The van der Waals surface area contributed by atoms with Crippen molar-refractivity contribution in [1.29, 1.82) is 0 Å². The normalized spacial score (nSPS) is 12.3. The number of allylic oxidation sites excluding steroid dienone is 2. The van der Waals surface area contributed by atoms with Gasteiger partial charge in [0.15, 0.2) is 0 Å². The Morgan fingerprint density at radius 2 is 1.75 bits per heavy atom. The molecule has 0 bridgehead atoms. The van der Waals surface area contributed by atoms with Crippen LogP contribution in [0.1, 0.15) is 49.9 Å². The van der Waals surface area contributed by atoms with E-state index in [1.165, 1.54) is 34.2 Å². The summed E-state index contributed by atoms with van der Waals surface area (Å²) in [6, 6.07) is 4.49. The highest BCUT2D eigenvalue weighted by Crippen LogP contribution is 2.27. The number of aryl methyl sites for hydroxylation is 2. The van der Waals surface area contributed by atoms with E-state index in [4.69, 9.17) is 0 Å². The Morgan fingerprint density at radius 1 is 1.19 bits per heavy atom. The second-order valence-corrected chi connectivity index (χ2v) is 5.12. The summed E-state index contributed by atoms with van der Waals surface area (Å²) in [7, 11) is 0. The fourth-order valence-corrected chi connectivity index (χ4v) is 2.23. The first-order valence-electron chi connectivity index (χ1n) is 6.19. The van der Waals surface area contributed by atoms with Gasteiger partial charge in [-0.3, -0.25) is 0 Å². The van der Waals surface area contributed by atoms with Crippen LogP contribution in [-0.4, -0.2) is 0 Å². The molecule has 1 aromatic rings. The smallest absolute Gasteiger partial charge is 0.0166 e. The lowest BCUT2D eigenvalue weighted by molar-refractivity contribution is 0.643. The van der Waals surface area contributed by atoms with E-state index < -0.39 is 0 Å². The van der Waals surface area contributed by atoms with E-state index in [1.54, 1.807) is 0 Å². The maximum atomic E-state index is 2.29. The average molecular weight is 216 g/mol. The van der Waals surface area contributed by atoms with Crippen molar-refractivity contribution < 1.29 is 0 Å². The molecule has 0 spiro atoms. The van der Waals surface area contributed by atoms with Crippen LogP contribution in [0, 0.1) is 19.8 Å². The lowest BCUT2D eigenvalue weighted by Gasteiger charge is -2.17. The van der Waals surface area contributed by atoms with E-state index in [0.29, 0.717) is 5.92 Å². The minimum absolute atomic E-state index is 0.712. The average Bonchev–Trinajstić information content (AvgIpc) is 2.22. The van der Waals surface area contributed by atoms with Crippen molar-refractivity contribution >= 4 is 5.57 Å². The highest BCUT2D eigenvalue weighted by Gasteiger charge is 2.11. The van der Waals surface area contributed by atoms with Crippen LogP contribution >= 0.6 is 0 Å². The molecule has 0 amide bonds. The van der Waals surface area contributed by atoms with Gasteiger partial charge < -0.3 is 0 Å². The predicted molar refractivity (Wildman–Crippen MR) is 73.8 cm³/mol. The van der Waals surface area contributed by atoms with Crippen LogP contribution in [0.15, 0.2) is 18.2 Å². The van der Waals surface area contributed by atoms with Crippen LogP contribution in [-0.2, 0) is 6.42 Å². The topological polar surface area (TPSA) is 0 Å². The minimum Gasteiger partial charge on any atom is -0.0841 e. The molecule has 0 aliphatic carbocycles. The molecular formula is C16H24. The zero-order chi connectivity index (χ0) is 12.3. The first kappa shape index (κ1) is 13.0. The quantitative estimate of drug-likeness (QED) is 0.672. The number of benzene rings is 1. The monoisotopic (exact) mass is 216 g/mol. The van der Waals surface area contributed by atoms with Crippen LogP contribution in [0.2, 0.25) is 0 Å². The highest BCUT2D eigenvalue weighted by molar-refractivity contribution is 5.70. The fraction of sp³-hybridized carbons (Fsp3) is 0.500. The molecule has 0 aliphatic heterocycles. The molecule has 0 nitrogen and oxygen atoms in total. The largest absolute Gasteiger partial charge is 0.0841 e. The number of hydrogen-bond acceptors (Lipinski definition) is 0. The second-order valence-electron chi connectivity index (χ2n) is 5.12. The maximum absolute atomic E-state index is 2.29. The molecule has 0 aliphatic rings. The summed E-state index contributed by atoms with van der Waals surface area (Å²) in [5.74, 6) is 0.712. The van der Waals surface area contributed by atoms with Gasteiger partial charge in [0, 0.05) is 0 Å². The molecule has 88 valence electrons. The van der Waals surface area contributed by atoms with E-state index >= 15 is 0 Å². The molecule has 0 unspecified atom stereocenters. The van der Waals surface area contributed by atoms with E-state index in [2.05, 4.69) is 59.8 Å². The molecule has 16 heavy (non-hydrogen) atoms. The van der Waals surface area contributed by atoms with Crippen LogP contribution in [0.25, 0.3) is 5.57 Å². The number of rotatable bonds is 3. The lowest BCUT2D eigenvalue weighted by atomic mass is 9.88. The summed E-state index contributed by atoms with van der Waals surface area (Å²) in [5.41, 5.74) is 7.23. The predicted octanol–water partition coefficient (Wildman–Crippen LogP) is 4.93. The third kappa shape index (κ3) is 2.75. The molecule has 1 aromatic carbocycles. The van der Waals surface area contributed by atoms with Gasteiger partial charge in [-0.15, -0.1) is 0 Å². The van der Waals surface area contributed by atoms with Gasteiger partial charge in [0.2, 0.25) is 0 Å². The molecule has 0 radical (unpaired) electrons. The van der Waals surface area contributed by atoms with Gasteiger partial charge in [-0.1, -0.05) is 32.1 Å². The Bertz CT molecular complexity index is 395.